The summed E-state index contributed by atoms with van der Waals surface area (Å²) in [7, 11) is 0. The summed E-state index contributed by atoms with van der Waals surface area (Å²) in [4.78, 5) is 73.6. The summed E-state index contributed by atoms with van der Waals surface area (Å²) in [5.74, 6) is 0.485. The summed E-state index contributed by atoms with van der Waals surface area (Å²) >= 11 is 0. The Hall–Kier alpha value is -6.73. The molecule has 364 valence electrons. The molecule has 3 aromatic carbocycles. The van der Waals surface area contributed by atoms with Gasteiger partial charge in [-0.3, -0.25) is 39.4 Å². The van der Waals surface area contributed by atoms with Gasteiger partial charge in [0.2, 0.25) is 17.7 Å². The molecule has 2 saturated heterocycles. The SMILES string of the molecule is C[C@H](NC(=O)c1cccc(NC2(c3nc(-c4ccncc4)n[nH]3)CCNCC2)c1)c1ccc(OCCCCCOCCCOCC(=O)Nc2cccc3c2CN(C2CCC(=O)NC2=O)C3=O)cc1.Cl. The molecule has 69 heavy (non-hydrogen) atoms. The highest BCUT2D eigenvalue weighted by Gasteiger charge is 2.40. The van der Waals surface area contributed by atoms with Crippen LogP contribution in [0.15, 0.2) is 91.3 Å². The molecule has 2 aromatic heterocycles. The minimum absolute atomic E-state index is 0. The fourth-order valence-corrected chi connectivity index (χ4v) is 8.70. The number of nitrogens with zero attached hydrogens (tertiary/aromatic N) is 4. The van der Waals surface area contributed by atoms with Gasteiger partial charge in [0.1, 0.15) is 18.4 Å². The molecule has 8 rings (SSSR count). The number of amides is 5. The van der Waals surface area contributed by atoms with Crippen molar-refractivity contribution in [1.82, 2.24) is 41.0 Å². The minimum Gasteiger partial charge on any atom is -0.494 e. The predicted molar refractivity (Wildman–Crippen MR) is 260 cm³/mol. The summed E-state index contributed by atoms with van der Waals surface area (Å²) < 4.78 is 17.3. The molecule has 0 aliphatic carbocycles. The molecule has 5 amide bonds. The molecule has 1 unspecified atom stereocenters. The Labute approximate surface area is 406 Å². The lowest BCUT2D eigenvalue weighted by atomic mass is 9.87. The zero-order chi connectivity index (χ0) is 47.3. The first-order chi connectivity index (χ1) is 33.2. The molecule has 2 atom stereocenters. The number of nitrogens with one attached hydrogen (secondary N) is 6. The number of carbonyl (C=O) groups is 5. The Bertz CT molecular complexity index is 2550. The number of rotatable bonds is 22. The molecule has 3 aliphatic heterocycles. The molecule has 6 N–H and O–H groups in total. The van der Waals surface area contributed by atoms with E-state index in [1.54, 1.807) is 30.6 Å². The molecule has 5 aromatic rings. The van der Waals surface area contributed by atoms with Crippen molar-refractivity contribution in [3.63, 3.8) is 0 Å². The van der Waals surface area contributed by atoms with Crippen LogP contribution in [-0.4, -0.2) is 107 Å². The van der Waals surface area contributed by atoms with Gasteiger partial charge in [0.15, 0.2) is 11.6 Å². The number of imide groups is 1. The van der Waals surface area contributed by atoms with Crippen LogP contribution in [-0.2, 0) is 35.9 Å². The van der Waals surface area contributed by atoms with Gasteiger partial charge in [-0.15, -0.1) is 12.4 Å². The number of carbonyl (C=O) groups excluding carboxylic acids is 5. The van der Waals surface area contributed by atoms with Gasteiger partial charge < -0.3 is 40.4 Å². The molecule has 0 saturated carbocycles. The lowest BCUT2D eigenvalue weighted by molar-refractivity contribution is -0.137. The van der Waals surface area contributed by atoms with E-state index in [1.165, 1.54) is 4.90 Å². The van der Waals surface area contributed by atoms with Crippen molar-refractivity contribution in [2.24, 2.45) is 0 Å². The molecule has 3 aliphatic rings. The van der Waals surface area contributed by atoms with E-state index < -0.39 is 17.5 Å². The fourth-order valence-electron chi connectivity index (χ4n) is 8.70. The number of hydrogen-bond donors (Lipinski definition) is 6. The Balaban J connectivity index is 0.00000703. The van der Waals surface area contributed by atoms with Crippen LogP contribution < -0.4 is 31.3 Å². The first kappa shape index (κ1) is 50.2. The number of aromatic nitrogens is 4. The summed E-state index contributed by atoms with van der Waals surface area (Å²) in [6.45, 7) is 5.66. The number of fused-ring (bicyclic) bond motifs is 1. The van der Waals surface area contributed by atoms with Crippen LogP contribution in [0.2, 0.25) is 0 Å². The van der Waals surface area contributed by atoms with Crippen LogP contribution in [0.25, 0.3) is 11.4 Å². The monoisotopic (exact) mass is 962 g/mol. The predicted octanol–water partition coefficient (Wildman–Crippen LogP) is 5.84. The summed E-state index contributed by atoms with van der Waals surface area (Å²) in [6.07, 6.45) is 8.80. The van der Waals surface area contributed by atoms with Gasteiger partial charge in [-0.25, -0.2) is 4.98 Å². The maximum Gasteiger partial charge on any atom is 0.255 e. The summed E-state index contributed by atoms with van der Waals surface area (Å²) in [5, 5.41) is 23.1. The minimum atomic E-state index is -0.729. The maximum absolute atomic E-state index is 13.5. The quantitative estimate of drug-likeness (QED) is 0.0354. The highest BCUT2D eigenvalue weighted by molar-refractivity contribution is 6.07. The van der Waals surface area contributed by atoms with Gasteiger partial charge in [0, 0.05) is 78.8 Å². The Kier molecular flexibility index (Phi) is 17.5. The number of ether oxygens (including phenoxy) is 3. The summed E-state index contributed by atoms with van der Waals surface area (Å²) in [6, 6.07) is 23.2. The van der Waals surface area contributed by atoms with Gasteiger partial charge in [-0.05, 0) is 125 Å². The number of aromatic amines is 1. The number of hydrogen-bond acceptors (Lipinski definition) is 13. The summed E-state index contributed by atoms with van der Waals surface area (Å²) in [5.41, 5.74) is 4.30. The first-order valence-electron chi connectivity index (χ1n) is 23.3. The van der Waals surface area contributed by atoms with Crippen molar-refractivity contribution in [2.45, 2.75) is 82.5 Å². The molecule has 5 heterocycles. The number of unbranched alkanes of at least 4 members (excludes halogenated alkanes) is 2. The van der Waals surface area contributed by atoms with E-state index >= 15 is 0 Å². The van der Waals surface area contributed by atoms with E-state index in [1.807, 2.05) is 67.6 Å². The molecule has 0 bridgehead atoms. The van der Waals surface area contributed by atoms with Crippen molar-refractivity contribution in [3.8, 4) is 17.1 Å². The van der Waals surface area contributed by atoms with Gasteiger partial charge in [-0.2, -0.15) is 5.10 Å². The normalized spacial score (nSPS) is 16.7. The number of anilines is 2. The zero-order valence-electron chi connectivity index (χ0n) is 38.6. The number of benzene rings is 3. The largest absolute Gasteiger partial charge is 0.494 e. The standard InChI is InChI=1S/C50H58N10O8.ClH/c1-33(53-46(63)36-8-5-9-37(30-36)57-50(20-24-52-25-21-50)49-56-45(58-59-49)35-18-22-51-23-19-35)34-12-14-38(15-13-34)68-29-4-2-3-26-66-27-7-28-67-32-44(62)54-41-11-6-10-39-40(41)31-60(48(39)65)42-16-17-43(61)55-47(42)64;/h5-6,8-15,18-19,22-23,30,33,42,52,57H,2-4,7,16-17,20-21,24-29,31-32H2,1H3,(H,53,63)(H,54,62)(H,55,61,64)(H,56,58,59);1H/t33-,42?;/m0./s1. The zero-order valence-corrected chi connectivity index (χ0v) is 39.4. The Morgan fingerprint density at radius 2 is 1.64 bits per heavy atom. The molecule has 18 nitrogen and oxygen atoms in total. The Morgan fingerprint density at radius 3 is 2.43 bits per heavy atom. The smallest absolute Gasteiger partial charge is 0.255 e. The van der Waals surface area contributed by atoms with Crippen LogP contribution >= 0.6 is 12.4 Å². The third kappa shape index (κ3) is 12.9. The second-order valence-corrected chi connectivity index (χ2v) is 17.3. The number of pyridine rings is 1. The number of piperidine rings is 2. The van der Waals surface area contributed by atoms with Gasteiger partial charge in [0.05, 0.1) is 18.2 Å². The molecular formula is C50H59ClN10O8. The van der Waals surface area contributed by atoms with Gasteiger partial charge >= 0.3 is 0 Å². The molecule has 0 spiro atoms. The number of H-pyrrole nitrogens is 1. The average molecular weight is 964 g/mol. The average Bonchev–Trinajstić information content (AvgIpc) is 3.99. The van der Waals surface area contributed by atoms with Crippen LogP contribution in [0.1, 0.15) is 102 Å². The van der Waals surface area contributed by atoms with Crippen LogP contribution in [0, 0.1) is 0 Å². The highest BCUT2D eigenvalue weighted by atomic mass is 35.5. The maximum atomic E-state index is 13.5. The third-order valence-electron chi connectivity index (χ3n) is 12.4. The van der Waals surface area contributed by atoms with Crippen molar-refractivity contribution in [2.75, 3.05) is 56.8 Å². The molecular weight excluding hydrogens is 904 g/mol. The van der Waals surface area contributed by atoms with E-state index in [2.05, 4.69) is 41.8 Å². The first-order valence-corrected chi connectivity index (χ1v) is 23.3. The van der Waals surface area contributed by atoms with Crippen LogP contribution in [0.5, 0.6) is 5.75 Å². The van der Waals surface area contributed by atoms with Crippen molar-refractivity contribution >= 4 is 53.3 Å². The van der Waals surface area contributed by atoms with Crippen LogP contribution in [0.3, 0.4) is 0 Å². The van der Waals surface area contributed by atoms with E-state index in [0.29, 0.717) is 61.1 Å². The van der Waals surface area contributed by atoms with Crippen molar-refractivity contribution < 1.29 is 38.2 Å². The third-order valence-corrected chi connectivity index (χ3v) is 12.4. The lowest BCUT2D eigenvalue weighted by Crippen LogP contribution is -2.52. The van der Waals surface area contributed by atoms with Gasteiger partial charge in [0.25, 0.3) is 11.8 Å². The van der Waals surface area contributed by atoms with Crippen LogP contribution in [0.4, 0.5) is 11.4 Å². The van der Waals surface area contributed by atoms with E-state index in [9.17, 15) is 24.0 Å². The molecule has 2 fully saturated rings. The fraction of sp³-hybridized carbons (Fsp3) is 0.400. The highest BCUT2D eigenvalue weighted by Crippen LogP contribution is 2.35. The lowest BCUT2D eigenvalue weighted by Gasteiger charge is -2.37. The molecule has 0 radical (unpaired) electrons. The molecule has 19 heteroatoms. The second kappa shape index (κ2) is 24.0. The second-order valence-electron chi connectivity index (χ2n) is 17.3. The van der Waals surface area contributed by atoms with E-state index in [4.69, 9.17) is 19.2 Å². The van der Waals surface area contributed by atoms with E-state index in [0.717, 1.165) is 73.6 Å². The van der Waals surface area contributed by atoms with Crippen molar-refractivity contribution in [1.29, 1.82) is 0 Å². The Morgan fingerprint density at radius 1 is 0.884 bits per heavy atom. The van der Waals surface area contributed by atoms with Crippen molar-refractivity contribution in [3.05, 3.63) is 119 Å². The van der Waals surface area contributed by atoms with Gasteiger partial charge in [-0.1, -0.05) is 24.3 Å². The topological polar surface area (TPSA) is 231 Å². The van der Waals surface area contributed by atoms with E-state index in [-0.39, 0.29) is 68.1 Å². The number of halogens is 1.